The van der Waals surface area contributed by atoms with E-state index in [1.54, 1.807) is 7.05 Å². The fraction of sp³-hybridized carbons (Fsp3) is 0.643. The van der Waals surface area contributed by atoms with Crippen molar-refractivity contribution >= 4 is 18.1 Å². The van der Waals surface area contributed by atoms with Crippen molar-refractivity contribution in [3.8, 4) is 0 Å². The number of alkyl halides is 3. The van der Waals surface area contributed by atoms with Gasteiger partial charge in [0.05, 0.1) is 6.33 Å². The van der Waals surface area contributed by atoms with Crippen LogP contribution in [0.25, 0.3) is 0 Å². The van der Waals surface area contributed by atoms with E-state index in [1.165, 1.54) is 29.9 Å². The first kappa shape index (κ1) is 18.2. The lowest BCUT2D eigenvalue weighted by Crippen LogP contribution is -2.57. The Morgan fingerprint density at radius 3 is 2.58 bits per heavy atom. The SMILES string of the molecule is CN(CC1CC(O)(C(F)(F)F)C1)C(=O)c1c(N(C)C=O)ncn1C. The summed E-state index contributed by atoms with van der Waals surface area (Å²) in [4.78, 5) is 29.8. The van der Waals surface area contributed by atoms with Gasteiger partial charge in [-0.15, -0.1) is 0 Å². The molecule has 2 amide bonds. The number of rotatable bonds is 5. The molecular weight excluding hydrogens is 329 g/mol. The smallest absolute Gasteiger partial charge is 0.380 e. The molecule has 0 spiro atoms. The number of anilines is 1. The quantitative estimate of drug-likeness (QED) is 0.798. The summed E-state index contributed by atoms with van der Waals surface area (Å²) in [6.07, 6.45) is -3.63. The minimum absolute atomic E-state index is 0.0760. The average molecular weight is 348 g/mol. The molecule has 134 valence electrons. The maximum atomic E-state index is 12.6. The van der Waals surface area contributed by atoms with Gasteiger partial charge in [-0.1, -0.05) is 0 Å². The third kappa shape index (κ3) is 3.10. The number of hydrogen-bond donors (Lipinski definition) is 1. The van der Waals surface area contributed by atoms with Crippen LogP contribution in [-0.2, 0) is 11.8 Å². The molecular formula is C14H19F3N4O3. The number of nitrogens with zero attached hydrogens (tertiary/aromatic N) is 4. The van der Waals surface area contributed by atoms with Crippen LogP contribution in [0.15, 0.2) is 6.33 Å². The van der Waals surface area contributed by atoms with Gasteiger partial charge in [0, 0.05) is 27.7 Å². The summed E-state index contributed by atoms with van der Waals surface area (Å²) >= 11 is 0. The highest BCUT2D eigenvalue weighted by atomic mass is 19.4. The first-order valence-electron chi connectivity index (χ1n) is 7.24. The lowest BCUT2D eigenvalue weighted by atomic mass is 9.70. The molecule has 1 aliphatic rings. The van der Waals surface area contributed by atoms with Crippen molar-refractivity contribution in [3.63, 3.8) is 0 Å². The van der Waals surface area contributed by atoms with Crippen LogP contribution in [0.1, 0.15) is 23.3 Å². The molecule has 7 nitrogen and oxygen atoms in total. The van der Waals surface area contributed by atoms with Crippen LogP contribution in [0.4, 0.5) is 19.0 Å². The Balaban J connectivity index is 2.05. The average Bonchev–Trinajstić information content (AvgIpc) is 2.84. The Hall–Kier alpha value is -2.10. The second-order valence-electron chi connectivity index (χ2n) is 6.23. The van der Waals surface area contributed by atoms with Crippen molar-refractivity contribution in [1.82, 2.24) is 14.5 Å². The number of aromatic nitrogens is 2. The van der Waals surface area contributed by atoms with Crippen molar-refractivity contribution in [1.29, 1.82) is 0 Å². The van der Waals surface area contributed by atoms with Gasteiger partial charge in [0.15, 0.2) is 17.1 Å². The molecule has 1 aliphatic carbocycles. The molecule has 1 saturated carbocycles. The molecule has 1 aromatic heterocycles. The maximum absolute atomic E-state index is 12.6. The van der Waals surface area contributed by atoms with Crippen LogP contribution in [0.2, 0.25) is 0 Å². The molecule has 0 atom stereocenters. The first-order chi connectivity index (χ1) is 11.0. The molecule has 0 bridgehead atoms. The van der Waals surface area contributed by atoms with Gasteiger partial charge >= 0.3 is 6.18 Å². The molecule has 24 heavy (non-hydrogen) atoms. The number of carbonyl (C=O) groups excluding carboxylic acids is 2. The number of imidazole rings is 1. The van der Waals surface area contributed by atoms with Crippen molar-refractivity contribution in [2.24, 2.45) is 13.0 Å². The molecule has 0 aromatic carbocycles. The summed E-state index contributed by atoms with van der Waals surface area (Å²) in [6, 6.07) is 0. The lowest BCUT2D eigenvalue weighted by Gasteiger charge is -2.45. The molecule has 0 saturated heterocycles. The topological polar surface area (TPSA) is 78.7 Å². The number of halogens is 3. The molecule has 0 unspecified atom stereocenters. The second kappa shape index (κ2) is 6.08. The fourth-order valence-electron chi connectivity index (χ4n) is 2.88. The molecule has 1 aromatic rings. The van der Waals surface area contributed by atoms with Crippen molar-refractivity contribution in [2.75, 3.05) is 25.5 Å². The van der Waals surface area contributed by atoms with E-state index in [1.807, 2.05) is 0 Å². The van der Waals surface area contributed by atoms with Gasteiger partial charge in [-0.3, -0.25) is 9.59 Å². The maximum Gasteiger partial charge on any atom is 0.417 e. The number of amides is 2. The van der Waals surface area contributed by atoms with E-state index in [0.717, 1.165) is 4.90 Å². The molecule has 0 aliphatic heterocycles. The number of hydrogen-bond acceptors (Lipinski definition) is 4. The largest absolute Gasteiger partial charge is 0.417 e. The van der Waals surface area contributed by atoms with Crippen molar-refractivity contribution < 1.29 is 27.9 Å². The van der Waals surface area contributed by atoms with Gasteiger partial charge in [-0.2, -0.15) is 13.2 Å². The van der Waals surface area contributed by atoms with Crippen molar-refractivity contribution in [3.05, 3.63) is 12.0 Å². The highest BCUT2D eigenvalue weighted by molar-refractivity contribution is 5.99. The third-order valence-electron chi connectivity index (χ3n) is 4.27. The minimum Gasteiger partial charge on any atom is -0.380 e. The minimum atomic E-state index is -4.66. The Bertz CT molecular complexity index is 638. The van der Waals surface area contributed by atoms with Gasteiger partial charge in [-0.05, 0) is 18.8 Å². The molecule has 10 heteroatoms. The Kier molecular flexibility index (Phi) is 4.62. The Morgan fingerprint density at radius 1 is 1.50 bits per heavy atom. The molecule has 2 rings (SSSR count). The summed E-state index contributed by atoms with van der Waals surface area (Å²) in [6.45, 7) is 0.0760. The summed E-state index contributed by atoms with van der Waals surface area (Å²) in [5, 5.41) is 9.46. The fourth-order valence-corrected chi connectivity index (χ4v) is 2.88. The van der Waals surface area contributed by atoms with Crippen LogP contribution in [0, 0.1) is 5.92 Å². The van der Waals surface area contributed by atoms with E-state index in [9.17, 15) is 27.9 Å². The number of aliphatic hydroxyl groups is 1. The van der Waals surface area contributed by atoms with E-state index in [4.69, 9.17) is 0 Å². The highest BCUT2D eigenvalue weighted by Gasteiger charge is 2.61. The highest BCUT2D eigenvalue weighted by Crippen LogP contribution is 2.48. The van der Waals surface area contributed by atoms with E-state index in [2.05, 4.69) is 4.98 Å². The second-order valence-corrected chi connectivity index (χ2v) is 6.23. The molecule has 1 N–H and O–H groups in total. The Morgan fingerprint density at radius 2 is 2.08 bits per heavy atom. The Labute approximate surface area is 136 Å². The van der Waals surface area contributed by atoms with E-state index >= 15 is 0 Å². The zero-order valence-electron chi connectivity index (χ0n) is 13.5. The number of carbonyl (C=O) groups is 2. The molecule has 1 fully saturated rings. The summed E-state index contributed by atoms with van der Waals surface area (Å²) in [7, 11) is 4.49. The van der Waals surface area contributed by atoms with Crippen LogP contribution in [0.5, 0.6) is 0 Å². The monoisotopic (exact) mass is 348 g/mol. The zero-order valence-corrected chi connectivity index (χ0v) is 13.5. The van der Waals surface area contributed by atoms with Gasteiger partial charge in [0.2, 0.25) is 6.41 Å². The normalized spacial score (nSPS) is 23.5. The number of aryl methyl sites for hydroxylation is 1. The molecule has 1 heterocycles. The summed E-state index contributed by atoms with van der Waals surface area (Å²) in [5.74, 6) is -0.725. The van der Waals surface area contributed by atoms with Crippen LogP contribution < -0.4 is 4.90 Å². The van der Waals surface area contributed by atoms with Gasteiger partial charge in [-0.25, -0.2) is 4.98 Å². The van der Waals surface area contributed by atoms with E-state index in [-0.39, 0.29) is 18.1 Å². The third-order valence-corrected chi connectivity index (χ3v) is 4.27. The lowest BCUT2D eigenvalue weighted by molar-refractivity contribution is -0.299. The van der Waals surface area contributed by atoms with Gasteiger partial charge < -0.3 is 19.5 Å². The van der Waals surface area contributed by atoms with Gasteiger partial charge in [0.25, 0.3) is 5.91 Å². The van der Waals surface area contributed by atoms with Crippen molar-refractivity contribution in [2.45, 2.75) is 24.6 Å². The van der Waals surface area contributed by atoms with E-state index < -0.39 is 36.4 Å². The predicted molar refractivity (Wildman–Crippen MR) is 78.4 cm³/mol. The standard InChI is InChI=1S/C14H19F3N4O3/c1-19(6-9-4-13(24,5-9)14(15,16)17)12(23)10-11(21(3)8-22)18-7-20(10)2/h7-9,24H,4-6H2,1-3H3. The van der Waals surface area contributed by atoms with Crippen LogP contribution in [-0.4, -0.2) is 64.3 Å². The van der Waals surface area contributed by atoms with E-state index in [0.29, 0.717) is 6.41 Å². The molecule has 0 radical (unpaired) electrons. The van der Waals surface area contributed by atoms with Crippen LogP contribution >= 0.6 is 0 Å². The predicted octanol–water partition coefficient (Wildman–Crippen LogP) is 0.788. The van der Waals surface area contributed by atoms with Crippen LogP contribution in [0.3, 0.4) is 0 Å². The first-order valence-corrected chi connectivity index (χ1v) is 7.24. The zero-order chi connectivity index (χ0) is 18.3. The van der Waals surface area contributed by atoms with Gasteiger partial charge in [0.1, 0.15) is 0 Å². The summed E-state index contributed by atoms with van der Waals surface area (Å²) in [5.41, 5.74) is -2.49. The summed E-state index contributed by atoms with van der Waals surface area (Å²) < 4.78 is 39.3.